The molecule has 0 aromatic heterocycles. The lowest BCUT2D eigenvalue weighted by atomic mass is 10.2. The SMILES string of the molecule is Cc1ccc(S(=O)(=O)O)cc1.NC1CNC(NCCO)=N1. The van der Waals surface area contributed by atoms with Crippen LogP contribution in [-0.4, -0.2) is 49.9 Å². The van der Waals surface area contributed by atoms with Gasteiger partial charge in [0.15, 0.2) is 5.96 Å². The second-order valence-corrected chi connectivity index (χ2v) is 5.79. The molecule has 21 heavy (non-hydrogen) atoms. The Hall–Kier alpha value is -1.68. The summed E-state index contributed by atoms with van der Waals surface area (Å²) in [7, 11) is -4.02. The van der Waals surface area contributed by atoms with Crippen LogP contribution in [-0.2, 0) is 10.1 Å². The molecule has 1 unspecified atom stereocenters. The summed E-state index contributed by atoms with van der Waals surface area (Å²) < 4.78 is 29.6. The molecule has 1 heterocycles. The van der Waals surface area contributed by atoms with Crippen molar-refractivity contribution >= 4 is 16.1 Å². The Morgan fingerprint density at radius 2 is 2.05 bits per heavy atom. The first-order valence-corrected chi connectivity index (χ1v) is 7.73. The Morgan fingerprint density at radius 1 is 1.43 bits per heavy atom. The van der Waals surface area contributed by atoms with E-state index in [0.717, 1.165) is 5.56 Å². The average molecular weight is 316 g/mol. The molecule has 1 aliphatic rings. The van der Waals surface area contributed by atoms with Crippen LogP contribution in [0.5, 0.6) is 0 Å². The predicted octanol–water partition coefficient (Wildman–Crippen LogP) is -0.946. The van der Waals surface area contributed by atoms with Gasteiger partial charge in [0.1, 0.15) is 6.17 Å². The fourth-order valence-electron chi connectivity index (χ4n) is 1.45. The van der Waals surface area contributed by atoms with E-state index in [-0.39, 0.29) is 17.7 Å². The number of rotatable bonds is 3. The van der Waals surface area contributed by atoms with Gasteiger partial charge in [-0.15, -0.1) is 0 Å². The Labute approximate surface area is 123 Å². The monoisotopic (exact) mass is 316 g/mol. The predicted molar refractivity (Wildman–Crippen MR) is 79.5 cm³/mol. The zero-order chi connectivity index (χ0) is 15.9. The molecule has 0 amide bonds. The summed E-state index contributed by atoms with van der Waals surface area (Å²) in [6, 6.07) is 5.99. The highest BCUT2D eigenvalue weighted by atomic mass is 32.2. The zero-order valence-electron chi connectivity index (χ0n) is 11.7. The highest BCUT2D eigenvalue weighted by Gasteiger charge is 2.10. The fraction of sp³-hybridized carbons (Fsp3) is 0.417. The lowest BCUT2D eigenvalue weighted by molar-refractivity contribution is 0.300. The number of hydrogen-bond acceptors (Lipinski definition) is 7. The summed E-state index contributed by atoms with van der Waals surface area (Å²) in [4.78, 5) is 3.92. The second kappa shape index (κ2) is 7.93. The number of aliphatic hydroxyl groups excluding tert-OH is 1. The maximum Gasteiger partial charge on any atom is 0.294 e. The number of aryl methyl sites for hydroxylation is 1. The largest absolute Gasteiger partial charge is 0.395 e. The van der Waals surface area contributed by atoms with E-state index < -0.39 is 10.1 Å². The first kappa shape index (κ1) is 17.4. The van der Waals surface area contributed by atoms with Crippen molar-refractivity contribution in [3.63, 3.8) is 0 Å². The van der Waals surface area contributed by atoms with Crippen LogP contribution in [0.2, 0.25) is 0 Å². The van der Waals surface area contributed by atoms with Crippen LogP contribution in [0.1, 0.15) is 5.56 Å². The molecule has 118 valence electrons. The third kappa shape index (κ3) is 6.54. The quantitative estimate of drug-likeness (QED) is 0.454. The fourth-order valence-corrected chi connectivity index (χ4v) is 1.93. The Morgan fingerprint density at radius 3 is 2.48 bits per heavy atom. The lowest BCUT2D eigenvalue weighted by Crippen LogP contribution is -2.35. The highest BCUT2D eigenvalue weighted by molar-refractivity contribution is 7.85. The molecule has 0 saturated heterocycles. The number of aliphatic imine (C=N–C) groups is 1. The summed E-state index contributed by atoms with van der Waals surface area (Å²) in [5, 5.41) is 14.2. The molecule has 8 nitrogen and oxygen atoms in total. The van der Waals surface area contributed by atoms with Crippen LogP contribution in [0.3, 0.4) is 0 Å². The van der Waals surface area contributed by atoms with E-state index in [4.69, 9.17) is 15.4 Å². The molecular formula is C12H20N4O4S. The minimum atomic E-state index is -4.02. The Kier molecular flexibility index (Phi) is 6.56. The molecule has 2 rings (SSSR count). The van der Waals surface area contributed by atoms with Gasteiger partial charge >= 0.3 is 0 Å². The van der Waals surface area contributed by atoms with E-state index in [1.165, 1.54) is 12.1 Å². The van der Waals surface area contributed by atoms with E-state index in [1.54, 1.807) is 12.1 Å². The minimum absolute atomic E-state index is 0.0666. The van der Waals surface area contributed by atoms with Crippen molar-refractivity contribution in [3.05, 3.63) is 29.8 Å². The molecule has 0 bridgehead atoms. The topological polar surface area (TPSA) is 137 Å². The summed E-state index contributed by atoms with van der Waals surface area (Å²) in [6.07, 6.45) is -0.138. The van der Waals surface area contributed by atoms with Crippen LogP contribution in [0.15, 0.2) is 34.2 Å². The molecule has 9 heteroatoms. The molecule has 0 radical (unpaired) electrons. The molecule has 1 aromatic rings. The van der Waals surface area contributed by atoms with E-state index in [1.807, 2.05) is 6.92 Å². The number of hydrogen-bond donors (Lipinski definition) is 5. The molecule has 6 N–H and O–H groups in total. The first-order valence-electron chi connectivity index (χ1n) is 6.29. The van der Waals surface area contributed by atoms with Crippen molar-refractivity contribution in [1.29, 1.82) is 0 Å². The van der Waals surface area contributed by atoms with Gasteiger partial charge in [-0.1, -0.05) is 17.7 Å². The van der Waals surface area contributed by atoms with Crippen LogP contribution >= 0.6 is 0 Å². The molecule has 1 atom stereocenters. The van der Waals surface area contributed by atoms with Gasteiger partial charge in [0.05, 0.1) is 18.0 Å². The molecular weight excluding hydrogens is 296 g/mol. The van der Waals surface area contributed by atoms with E-state index in [0.29, 0.717) is 19.0 Å². The first-order chi connectivity index (χ1) is 9.82. The number of nitrogens with zero attached hydrogens (tertiary/aromatic N) is 1. The molecule has 0 fully saturated rings. The van der Waals surface area contributed by atoms with E-state index in [9.17, 15) is 8.42 Å². The number of nitrogens with two attached hydrogens (primary N) is 1. The van der Waals surface area contributed by atoms with E-state index in [2.05, 4.69) is 15.6 Å². The minimum Gasteiger partial charge on any atom is -0.395 e. The molecule has 1 aromatic carbocycles. The maximum atomic E-state index is 10.5. The van der Waals surface area contributed by atoms with Crippen molar-refractivity contribution in [2.45, 2.75) is 18.0 Å². The van der Waals surface area contributed by atoms with Crippen LogP contribution in [0, 0.1) is 6.92 Å². The van der Waals surface area contributed by atoms with Gasteiger partial charge in [-0.3, -0.25) is 4.55 Å². The van der Waals surface area contributed by atoms with Gasteiger partial charge in [-0.2, -0.15) is 8.42 Å². The molecule has 1 aliphatic heterocycles. The Bertz CT molecular complexity index is 571. The number of aliphatic hydroxyl groups is 1. The summed E-state index contributed by atoms with van der Waals surface area (Å²) >= 11 is 0. The van der Waals surface area contributed by atoms with Crippen LogP contribution < -0.4 is 16.4 Å². The smallest absolute Gasteiger partial charge is 0.294 e. The van der Waals surface area contributed by atoms with Crippen molar-refractivity contribution in [1.82, 2.24) is 10.6 Å². The molecule has 0 aliphatic carbocycles. The van der Waals surface area contributed by atoms with Crippen LogP contribution in [0.4, 0.5) is 0 Å². The molecule has 0 spiro atoms. The normalized spacial score (nSPS) is 17.3. The lowest BCUT2D eigenvalue weighted by Gasteiger charge is -2.01. The van der Waals surface area contributed by atoms with E-state index >= 15 is 0 Å². The summed E-state index contributed by atoms with van der Waals surface area (Å²) in [5.41, 5.74) is 6.40. The third-order valence-corrected chi connectivity index (χ3v) is 3.36. The van der Waals surface area contributed by atoms with Gasteiger partial charge in [0.25, 0.3) is 10.1 Å². The van der Waals surface area contributed by atoms with Gasteiger partial charge in [-0.05, 0) is 19.1 Å². The van der Waals surface area contributed by atoms with Gasteiger partial charge in [0, 0.05) is 6.54 Å². The van der Waals surface area contributed by atoms with Crippen molar-refractivity contribution in [2.75, 3.05) is 19.7 Å². The van der Waals surface area contributed by atoms with Crippen molar-refractivity contribution < 1.29 is 18.1 Å². The maximum absolute atomic E-state index is 10.5. The third-order valence-electron chi connectivity index (χ3n) is 2.50. The number of benzene rings is 1. The standard InChI is InChI=1S/C7H8O3S.C5H12N4O/c1-6-2-4-7(5-3-6)11(8,9)10;6-4-3-8-5(9-4)7-1-2-10/h2-5H,1H3,(H,8,9,10);4,10H,1-3,6H2,(H2,7,8,9). The van der Waals surface area contributed by atoms with Gasteiger partial charge in [-0.25, -0.2) is 4.99 Å². The second-order valence-electron chi connectivity index (χ2n) is 4.36. The summed E-state index contributed by atoms with van der Waals surface area (Å²) in [6.45, 7) is 3.13. The highest BCUT2D eigenvalue weighted by Crippen LogP contribution is 2.08. The van der Waals surface area contributed by atoms with Gasteiger partial charge < -0.3 is 21.5 Å². The van der Waals surface area contributed by atoms with Crippen molar-refractivity contribution in [3.8, 4) is 0 Å². The molecule has 0 saturated carbocycles. The number of guanidine groups is 1. The number of nitrogens with one attached hydrogen (secondary N) is 2. The van der Waals surface area contributed by atoms with Crippen LogP contribution in [0.25, 0.3) is 0 Å². The Balaban J connectivity index is 0.000000211. The van der Waals surface area contributed by atoms with Gasteiger partial charge in [0.2, 0.25) is 0 Å². The average Bonchev–Trinajstić information content (AvgIpc) is 2.82. The summed E-state index contributed by atoms with van der Waals surface area (Å²) in [5.74, 6) is 0.682. The zero-order valence-corrected chi connectivity index (χ0v) is 12.5. The van der Waals surface area contributed by atoms with Crippen molar-refractivity contribution in [2.24, 2.45) is 10.7 Å².